The van der Waals surface area contributed by atoms with Gasteiger partial charge in [0.1, 0.15) is 0 Å². The molecule has 0 aromatic heterocycles. The number of benzene rings is 4. The molecule has 0 N–H and O–H groups in total. The van der Waals surface area contributed by atoms with Gasteiger partial charge in [-0.05, 0) is 132 Å². The van der Waals surface area contributed by atoms with Crippen molar-refractivity contribution in [3.8, 4) is 33.4 Å². The summed E-state index contributed by atoms with van der Waals surface area (Å²) >= 11 is 0. The summed E-state index contributed by atoms with van der Waals surface area (Å²) in [5.41, 5.74) is 20.4. The van der Waals surface area contributed by atoms with Gasteiger partial charge in [0, 0.05) is 0 Å². The van der Waals surface area contributed by atoms with Crippen molar-refractivity contribution in [3.05, 3.63) is 105 Å². The van der Waals surface area contributed by atoms with Crippen molar-refractivity contribution in [2.24, 2.45) is 0 Å². The summed E-state index contributed by atoms with van der Waals surface area (Å²) in [7, 11) is 0. The van der Waals surface area contributed by atoms with Gasteiger partial charge in [-0.2, -0.15) is 0 Å². The third-order valence-electron chi connectivity index (χ3n) is 10.7. The minimum absolute atomic E-state index is 0.417. The van der Waals surface area contributed by atoms with Crippen LogP contribution in [0.2, 0.25) is 0 Å². The first kappa shape index (κ1) is 38.7. The summed E-state index contributed by atoms with van der Waals surface area (Å²) < 4.78 is 0. The first-order valence-electron chi connectivity index (χ1n) is 19.7. The Labute approximate surface area is 302 Å². The molecule has 0 bridgehead atoms. The topological polar surface area (TPSA) is 0 Å². The zero-order chi connectivity index (χ0) is 36.3. The van der Waals surface area contributed by atoms with E-state index in [0.29, 0.717) is 41.4 Å². The van der Waals surface area contributed by atoms with E-state index in [4.69, 9.17) is 0 Å². The molecule has 49 heavy (non-hydrogen) atoms. The summed E-state index contributed by atoms with van der Waals surface area (Å²) in [6.45, 7) is 35.5. The summed E-state index contributed by atoms with van der Waals surface area (Å²) in [5, 5.41) is 0. The van der Waals surface area contributed by atoms with Gasteiger partial charge >= 0.3 is 0 Å². The van der Waals surface area contributed by atoms with Crippen molar-refractivity contribution < 1.29 is 0 Å². The number of unbranched alkanes of at least 4 members (excludes halogenated alkanes) is 1. The molecule has 0 heteroatoms. The van der Waals surface area contributed by atoms with Crippen molar-refractivity contribution in [1.29, 1.82) is 0 Å². The fraction of sp³-hybridized carbons (Fsp3) is 0.510. The molecular weight excluding hydrogens is 589 g/mol. The second-order valence-corrected chi connectivity index (χ2v) is 17.0. The van der Waals surface area contributed by atoms with E-state index in [1.165, 1.54) is 90.7 Å². The number of rotatable bonds is 13. The zero-order valence-electron chi connectivity index (χ0n) is 33.9. The lowest BCUT2D eigenvalue weighted by molar-refractivity contribution is 0.790. The van der Waals surface area contributed by atoms with Gasteiger partial charge in [0.25, 0.3) is 0 Å². The molecule has 0 amide bonds. The van der Waals surface area contributed by atoms with E-state index in [1.807, 2.05) is 0 Å². The Hall–Kier alpha value is -3.12. The van der Waals surface area contributed by atoms with Gasteiger partial charge in [-0.1, -0.05) is 171 Å². The van der Waals surface area contributed by atoms with E-state index in [0.717, 1.165) is 6.42 Å². The highest BCUT2D eigenvalue weighted by molar-refractivity contribution is 5.94. The molecule has 264 valence electrons. The third kappa shape index (κ3) is 8.27. The molecule has 0 aliphatic rings. The Balaban J connectivity index is 2.33. The maximum atomic E-state index is 2.54. The Morgan fingerprint density at radius 1 is 0.408 bits per heavy atom. The first-order valence-corrected chi connectivity index (χ1v) is 19.7. The fourth-order valence-electron chi connectivity index (χ4n) is 7.63. The quantitative estimate of drug-likeness (QED) is 0.134. The standard InChI is InChI=1S/C49H68/c1-16-17-19-43-44(47-45(34(12)13)27-38(31(6)7)28-46(47)35(14)15)23-22-42(39-25-36(29(2)3)24-37(26-39)30(4)5)49(43)48-40(32(8)9)20-18-21-41(48)33(10)11/h18,20-35H,16-17,19H2,1-15H3. The van der Waals surface area contributed by atoms with Crippen LogP contribution in [-0.4, -0.2) is 0 Å². The van der Waals surface area contributed by atoms with E-state index in [-0.39, 0.29) is 0 Å². The van der Waals surface area contributed by atoms with Crippen LogP contribution in [0, 0.1) is 0 Å². The molecule has 0 spiro atoms. The van der Waals surface area contributed by atoms with Gasteiger partial charge < -0.3 is 0 Å². The zero-order valence-corrected chi connectivity index (χ0v) is 33.9. The molecule has 0 nitrogen and oxygen atoms in total. The second kappa shape index (κ2) is 16.3. The highest BCUT2D eigenvalue weighted by atomic mass is 14.3. The second-order valence-electron chi connectivity index (χ2n) is 17.0. The summed E-state index contributed by atoms with van der Waals surface area (Å²) in [4.78, 5) is 0. The molecular formula is C49H68. The molecule has 4 aromatic carbocycles. The van der Waals surface area contributed by atoms with Gasteiger partial charge in [-0.15, -0.1) is 0 Å². The summed E-state index contributed by atoms with van der Waals surface area (Å²) in [6.07, 6.45) is 3.42. The maximum absolute atomic E-state index is 2.54. The molecule has 0 saturated heterocycles. The Kier molecular flexibility index (Phi) is 12.8. The molecule has 0 radical (unpaired) electrons. The van der Waals surface area contributed by atoms with Gasteiger partial charge in [0.15, 0.2) is 0 Å². The molecule has 4 aromatic rings. The average Bonchev–Trinajstić information content (AvgIpc) is 3.05. The van der Waals surface area contributed by atoms with Crippen LogP contribution >= 0.6 is 0 Å². The Morgan fingerprint density at radius 2 is 0.837 bits per heavy atom. The summed E-state index contributed by atoms with van der Waals surface area (Å²) in [5.74, 6) is 3.13. The van der Waals surface area contributed by atoms with Crippen molar-refractivity contribution in [1.82, 2.24) is 0 Å². The van der Waals surface area contributed by atoms with Gasteiger partial charge in [-0.3, -0.25) is 0 Å². The first-order chi connectivity index (χ1) is 23.1. The fourth-order valence-corrected chi connectivity index (χ4v) is 7.63. The van der Waals surface area contributed by atoms with E-state index in [2.05, 4.69) is 165 Å². The van der Waals surface area contributed by atoms with Crippen LogP contribution in [0.25, 0.3) is 33.4 Å². The smallest absolute Gasteiger partial charge is 0.00614 e. The molecule has 0 saturated carbocycles. The van der Waals surface area contributed by atoms with Gasteiger partial charge in [0.2, 0.25) is 0 Å². The van der Waals surface area contributed by atoms with Crippen LogP contribution in [0.3, 0.4) is 0 Å². The largest absolute Gasteiger partial charge is 0.0654 e. The molecule has 0 atom stereocenters. The average molecular weight is 657 g/mol. The predicted octanol–water partition coefficient (Wildman–Crippen LogP) is 15.9. The Morgan fingerprint density at radius 3 is 1.24 bits per heavy atom. The van der Waals surface area contributed by atoms with Crippen LogP contribution in [-0.2, 0) is 6.42 Å². The minimum atomic E-state index is 0.417. The highest BCUT2D eigenvalue weighted by Crippen LogP contribution is 2.49. The van der Waals surface area contributed by atoms with E-state index >= 15 is 0 Å². The van der Waals surface area contributed by atoms with Crippen molar-refractivity contribution in [2.75, 3.05) is 0 Å². The predicted molar refractivity (Wildman–Crippen MR) is 220 cm³/mol. The van der Waals surface area contributed by atoms with Crippen molar-refractivity contribution in [2.45, 2.75) is 165 Å². The third-order valence-corrected chi connectivity index (χ3v) is 10.7. The van der Waals surface area contributed by atoms with E-state index < -0.39 is 0 Å². The normalized spacial score (nSPS) is 12.3. The molecule has 0 fully saturated rings. The number of hydrogen-bond donors (Lipinski definition) is 0. The lowest BCUT2D eigenvalue weighted by Gasteiger charge is -2.29. The molecule has 0 heterocycles. The van der Waals surface area contributed by atoms with Crippen LogP contribution < -0.4 is 0 Å². The molecule has 4 rings (SSSR count). The minimum Gasteiger partial charge on any atom is -0.0654 e. The van der Waals surface area contributed by atoms with Crippen LogP contribution in [0.4, 0.5) is 0 Å². The monoisotopic (exact) mass is 657 g/mol. The van der Waals surface area contributed by atoms with Gasteiger partial charge in [0.05, 0.1) is 0 Å². The van der Waals surface area contributed by atoms with Crippen molar-refractivity contribution >= 4 is 0 Å². The lowest BCUT2D eigenvalue weighted by Crippen LogP contribution is -2.08. The highest BCUT2D eigenvalue weighted by Gasteiger charge is 2.27. The Bertz CT molecular complexity index is 1640. The number of hydrogen-bond acceptors (Lipinski definition) is 0. The van der Waals surface area contributed by atoms with Crippen LogP contribution in [0.1, 0.15) is 203 Å². The molecule has 0 aliphatic carbocycles. The summed E-state index contributed by atoms with van der Waals surface area (Å²) in [6, 6.07) is 24.7. The lowest BCUT2D eigenvalue weighted by atomic mass is 9.74. The van der Waals surface area contributed by atoms with Crippen LogP contribution in [0.15, 0.2) is 60.7 Å². The molecule has 0 aliphatic heterocycles. The van der Waals surface area contributed by atoms with Crippen LogP contribution in [0.5, 0.6) is 0 Å². The van der Waals surface area contributed by atoms with E-state index in [9.17, 15) is 0 Å². The molecule has 0 unspecified atom stereocenters. The van der Waals surface area contributed by atoms with Crippen molar-refractivity contribution in [3.63, 3.8) is 0 Å². The van der Waals surface area contributed by atoms with E-state index in [1.54, 1.807) is 0 Å². The maximum Gasteiger partial charge on any atom is -0.00614 e. The van der Waals surface area contributed by atoms with Gasteiger partial charge in [-0.25, -0.2) is 0 Å². The SMILES string of the molecule is CCCCc1c(-c2c(C(C)C)cc(C(C)C)cc2C(C)C)ccc(-c2cc(C(C)C)cc(C(C)C)c2)c1-c1c(C(C)C)cccc1C(C)C.